The van der Waals surface area contributed by atoms with Crippen molar-refractivity contribution in [3.63, 3.8) is 0 Å². The minimum Gasteiger partial charge on any atom is -0.507 e. The molecule has 1 aromatic rings. The molecule has 5 aliphatic heterocycles. The van der Waals surface area contributed by atoms with Gasteiger partial charge in [0, 0.05) is 80.9 Å². The van der Waals surface area contributed by atoms with E-state index in [9.17, 15) is 58.1 Å². The van der Waals surface area contributed by atoms with Gasteiger partial charge in [-0.3, -0.25) is 43.0 Å². The van der Waals surface area contributed by atoms with Gasteiger partial charge in [-0.15, -0.1) is 0 Å². The summed E-state index contributed by atoms with van der Waals surface area (Å²) in [7, 11) is -9.18. The van der Waals surface area contributed by atoms with Crippen molar-refractivity contribution in [2.24, 2.45) is 46.4 Å². The number of Topliss-reactive ketones (excluding diaryl/α,β-unsaturated/α-hetero) is 2. The van der Waals surface area contributed by atoms with E-state index in [1.54, 1.807) is 43.9 Å². The van der Waals surface area contributed by atoms with Gasteiger partial charge in [-0.05, 0) is 75.3 Å². The number of ketones is 2. The SMILES string of the molecule is CCCC(=O)OCCN(CCCCC(P(=O)(O)O)P(=O)(O)O)CC(=O)O[C@@H]1[C@@H](C)[C@@H](O)[C@@H](C)[C@H](C)[C@H](C)[C@@H](C)/C=C/O[C@@]2(C)Oc3c(C)c(O)c4c(c3C2=O)C2=NC3(CCN(CC(C)C)CC3)N(C(=O)OC)C2=C(NC(=O)/C(C)=C\C=C\[C@@H]1C)C4=O. The predicted molar refractivity (Wildman–Crippen MR) is 318 cm³/mol. The van der Waals surface area contributed by atoms with E-state index >= 15 is 9.59 Å². The number of aliphatic hydroxyl groups excluding tert-OH is 1. The lowest BCUT2D eigenvalue weighted by molar-refractivity contribution is -0.159. The number of carbonyl (C=O) groups is 6. The second kappa shape index (κ2) is 28.3. The highest BCUT2D eigenvalue weighted by atomic mass is 31.2. The number of piperidine rings is 1. The number of rotatable bonds is 17. The fourth-order valence-electron chi connectivity index (χ4n) is 12.1. The molecular formula is C60H89N5O19P2. The molecule has 5 heterocycles. The first-order chi connectivity index (χ1) is 40.1. The minimum absolute atomic E-state index is 0.0128. The van der Waals surface area contributed by atoms with Gasteiger partial charge >= 0.3 is 39.0 Å². The molecule has 9 atom stereocenters. The summed E-state index contributed by atoms with van der Waals surface area (Å²) in [6, 6.07) is 0. The monoisotopic (exact) mass is 1250 g/mol. The number of aliphatic imine (C=N–C) groups is 1. The number of hydrogen-bond acceptors (Lipinski definition) is 18. The Morgan fingerprint density at radius 2 is 1.53 bits per heavy atom. The Balaban J connectivity index is 1.41. The van der Waals surface area contributed by atoms with Gasteiger partial charge in [0.15, 0.2) is 5.40 Å². The average molecular weight is 1250 g/mol. The summed E-state index contributed by atoms with van der Waals surface area (Å²) in [5.74, 6) is -8.32. The van der Waals surface area contributed by atoms with E-state index in [-0.39, 0.29) is 121 Å². The van der Waals surface area contributed by atoms with Crippen molar-refractivity contribution in [3.05, 3.63) is 69.8 Å². The summed E-state index contributed by atoms with van der Waals surface area (Å²) in [4.78, 5) is 135. The first-order valence-electron chi connectivity index (χ1n) is 29.6. The molecule has 24 nitrogen and oxygen atoms in total. The Morgan fingerprint density at radius 3 is 2.14 bits per heavy atom. The molecule has 0 unspecified atom stereocenters. The summed E-state index contributed by atoms with van der Waals surface area (Å²) in [6.07, 6.45) is 5.62. The zero-order valence-corrected chi connectivity index (χ0v) is 53.5. The fraction of sp³-hybridized carbons (Fsp3) is 0.650. The molecule has 0 saturated carbocycles. The molecule has 1 aliphatic carbocycles. The van der Waals surface area contributed by atoms with Crippen molar-refractivity contribution in [1.29, 1.82) is 0 Å². The number of likely N-dealkylation sites (tertiary alicyclic amines) is 1. The van der Waals surface area contributed by atoms with Gasteiger partial charge < -0.3 is 63.7 Å². The zero-order chi connectivity index (χ0) is 64.1. The van der Waals surface area contributed by atoms with Crippen LogP contribution in [0.1, 0.15) is 153 Å². The van der Waals surface area contributed by atoms with Crippen LogP contribution >= 0.6 is 15.2 Å². The molecule has 1 aromatic carbocycles. The van der Waals surface area contributed by atoms with Crippen LogP contribution in [-0.2, 0) is 42.5 Å². The van der Waals surface area contributed by atoms with Crippen molar-refractivity contribution in [1.82, 2.24) is 20.0 Å². The van der Waals surface area contributed by atoms with Gasteiger partial charge in [0.05, 0.1) is 42.9 Å². The van der Waals surface area contributed by atoms with Gasteiger partial charge in [0.1, 0.15) is 41.3 Å². The summed E-state index contributed by atoms with van der Waals surface area (Å²) in [6.45, 7) is 23.0. The van der Waals surface area contributed by atoms with Crippen LogP contribution in [-0.4, -0.2) is 168 Å². The number of fused-ring (bicyclic) bond motifs is 13. The smallest absolute Gasteiger partial charge is 0.416 e. The lowest BCUT2D eigenvalue weighted by Crippen LogP contribution is -2.54. The summed E-state index contributed by atoms with van der Waals surface area (Å²) >= 11 is 0. The number of esters is 2. The number of unbranched alkanes of at least 4 members (excludes halogenated alkanes) is 1. The molecule has 0 radical (unpaired) electrons. The number of aliphatic hydroxyl groups is 1. The summed E-state index contributed by atoms with van der Waals surface area (Å²) in [5.41, 5.74) is -2.33. The highest BCUT2D eigenvalue weighted by Crippen LogP contribution is 2.62. The number of methoxy groups -OCH3 is 1. The number of phenolic OH excluding ortho intramolecular Hbond substituents is 1. The maximum Gasteiger partial charge on any atom is 0.416 e. The van der Waals surface area contributed by atoms with Crippen molar-refractivity contribution in [2.75, 3.05) is 53.0 Å². The number of nitrogens with zero attached hydrogens (tertiary/aromatic N) is 4. The number of benzene rings is 1. The molecule has 7 rings (SSSR count). The molecule has 7 N–H and O–H groups in total. The van der Waals surface area contributed by atoms with Crippen LogP contribution in [0.4, 0.5) is 4.79 Å². The first kappa shape index (κ1) is 69.5. The van der Waals surface area contributed by atoms with Gasteiger partial charge in [-0.25, -0.2) is 9.69 Å². The lowest BCUT2D eigenvalue weighted by atomic mass is 9.72. The lowest BCUT2D eigenvalue weighted by Gasteiger charge is -2.43. The number of phenols is 1. The van der Waals surface area contributed by atoms with Crippen molar-refractivity contribution in [2.45, 2.75) is 157 Å². The molecule has 26 heteroatoms. The standard InChI is InChI=1S/C60H89N5O19P2/c1-14-18-42(66)81-30-28-63(25-16-15-21-44(85(74,75)76)86(77,78)79)32-43(67)83-54-35(5)19-17-20-36(6)57(72)61-49-50-48(62-60(65(50)58(73)80-13)23-26-64(27-24-60)31-33(2)3)45-46(53(49)70)52(69)41(11)55-47(45)56(71)59(12,84-55)82-29-22-34(4)37(7)38(8)39(9)51(68)40(54)10/h17,19-20,22,29,33-35,37-40,44,51,54,68-69H,14-16,18,21,23-28,30-32H2,1-13H3,(H,61,72)(H2,74,75,76)(H2,77,78,79)/b19-17+,29-22+,36-20-/t34-,35-,37+,38+,39-,40-,51-,54-,59-/m0/s1. The highest BCUT2D eigenvalue weighted by Gasteiger charge is 2.58. The second-order valence-corrected chi connectivity index (χ2v) is 28.4. The van der Waals surface area contributed by atoms with Gasteiger partial charge in [0.2, 0.25) is 5.78 Å². The summed E-state index contributed by atoms with van der Waals surface area (Å²) < 4.78 is 53.6. The topological polar surface area (TPSA) is 338 Å². The average Bonchev–Trinajstić information content (AvgIpc) is 1.50. The molecule has 478 valence electrons. The van der Waals surface area contributed by atoms with Gasteiger partial charge in [-0.1, -0.05) is 87.0 Å². The van der Waals surface area contributed by atoms with Gasteiger partial charge in [0.25, 0.3) is 11.7 Å². The van der Waals surface area contributed by atoms with Crippen molar-refractivity contribution < 1.29 is 91.4 Å². The maximum absolute atomic E-state index is 15.3. The van der Waals surface area contributed by atoms with E-state index < -0.39 is 115 Å². The molecule has 1 fully saturated rings. The number of carbonyl (C=O) groups excluding carboxylic acids is 6. The Morgan fingerprint density at radius 1 is 0.884 bits per heavy atom. The van der Waals surface area contributed by atoms with Crippen molar-refractivity contribution in [3.8, 4) is 11.5 Å². The Kier molecular flexibility index (Phi) is 22.9. The maximum atomic E-state index is 15.3. The van der Waals surface area contributed by atoms with E-state index in [0.29, 0.717) is 25.4 Å². The Bertz CT molecular complexity index is 2990. The fourth-order valence-corrected chi connectivity index (χ4v) is 14.7. The third-order valence-electron chi connectivity index (χ3n) is 17.7. The van der Waals surface area contributed by atoms with Crippen LogP contribution in [0.25, 0.3) is 0 Å². The molecule has 1 spiro atoms. The van der Waals surface area contributed by atoms with E-state index in [1.165, 1.54) is 45.1 Å². The largest absolute Gasteiger partial charge is 0.507 e. The first-order valence-corrected chi connectivity index (χ1v) is 33.0. The molecular weight excluding hydrogens is 1160 g/mol. The number of amides is 2. The number of allylic oxidation sites excluding steroid dienone is 5. The normalized spacial score (nSPS) is 28.0. The van der Waals surface area contributed by atoms with E-state index in [0.717, 1.165) is 6.54 Å². The minimum atomic E-state index is -5.18. The Hall–Kier alpha value is -5.55. The molecule has 1 saturated heterocycles. The van der Waals surface area contributed by atoms with Gasteiger partial charge in [-0.2, -0.15) is 0 Å². The van der Waals surface area contributed by atoms with Crippen LogP contribution in [0.2, 0.25) is 0 Å². The zero-order valence-electron chi connectivity index (χ0n) is 51.7. The number of aromatic hydroxyl groups is 1. The predicted octanol–water partition coefficient (Wildman–Crippen LogP) is 7.47. The van der Waals surface area contributed by atoms with Crippen LogP contribution < -0.4 is 10.1 Å². The number of nitrogens with one attached hydrogen (secondary N) is 1. The van der Waals surface area contributed by atoms with Crippen molar-refractivity contribution >= 4 is 56.4 Å². The van der Waals surface area contributed by atoms with Crippen LogP contribution in [0.3, 0.4) is 0 Å². The van der Waals surface area contributed by atoms with Crippen LogP contribution in [0.5, 0.6) is 11.5 Å². The molecule has 5 bridgehead atoms. The molecule has 86 heavy (non-hydrogen) atoms. The third kappa shape index (κ3) is 15.3. The van der Waals surface area contributed by atoms with E-state index in [1.807, 2.05) is 27.7 Å². The highest BCUT2D eigenvalue weighted by molar-refractivity contribution is 7.70. The van der Waals surface area contributed by atoms with E-state index in [4.69, 9.17) is 28.7 Å². The second-order valence-electron chi connectivity index (χ2n) is 24.4. The quantitative estimate of drug-likeness (QED) is 0.0344. The molecule has 2 amide bonds. The number of hydrogen-bond donors (Lipinski definition) is 7. The Labute approximate surface area is 503 Å². The number of ether oxygens (including phenoxy) is 5. The third-order valence-corrected chi connectivity index (χ3v) is 21.6. The molecule has 6 aliphatic rings. The van der Waals surface area contributed by atoms with Crippen LogP contribution in [0, 0.1) is 48.3 Å². The molecule has 0 aromatic heterocycles. The summed E-state index contributed by atoms with van der Waals surface area (Å²) in [5, 5.41) is 24.9. The van der Waals surface area contributed by atoms with E-state index in [2.05, 4.69) is 24.1 Å². The van der Waals surface area contributed by atoms with Crippen LogP contribution in [0.15, 0.2) is 52.5 Å².